The maximum absolute atomic E-state index is 12.2. The molecule has 7 heteroatoms. The van der Waals surface area contributed by atoms with Crippen LogP contribution in [0.2, 0.25) is 10.0 Å². The van der Waals surface area contributed by atoms with Crippen molar-refractivity contribution in [2.75, 3.05) is 5.32 Å². The Morgan fingerprint density at radius 3 is 2.58 bits per heavy atom. The third kappa shape index (κ3) is 4.84. The van der Waals surface area contributed by atoms with Crippen LogP contribution >= 0.6 is 23.2 Å². The molecule has 1 unspecified atom stereocenters. The first-order chi connectivity index (χ1) is 11.3. The fraction of sp³-hybridized carbons (Fsp3) is 0.294. The summed E-state index contributed by atoms with van der Waals surface area (Å²) in [4.78, 5) is 16.2. The number of ether oxygens (including phenoxy) is 1. The van der Waals surface area contributed by atoms with Gasteiger partial charge in [0.15, 0.2) is 0 Å². The first kappa shape index (κ1) is 18.5. The Bertz CT molecular complexity index is 718. The molecule has 0 fully saturated rings. The van der Waals surface area contributed by atoms with Crippen LogP contribution in [0.4, 0.5) is 5.69 Å². The van der Waals surface area contributed by atoms with Gasteiger partial charge in [-0.05, 0) is 43.7 Å². The Hall–Kier alpha value is -1.82. The van der Waals surface area contributed by atoms with E-state index in [4.69, 9.17) is 33.7 Å². The molecule has 1 aromatic carbocycles. The molecule has 3 N–H and O–H groups in total. The fourth-order valence-corrected chi connectivity index (χ4v) is 2.52. The summed E-state index contributed by atoms with van der Waals surface area (Å²) >= 11 is 11.8. The van der Waals surface area contributed by atoms with Crippen molar-refractivity contribution in [2.45, 2.75) is 32.2 Å². The highest BCUT2D eigenvalue weighted by Crippen LogP contribution is 2.29. The van der Waals surface area contributed by atoms with E-state index in [0.29, 0.717) is 27.9 Å². The van der Waals surface area contributed by atoms with Crippen molar-refractivity contribution in [3.63, 3.8) is 0 Å². The fourth-order valence-electron chi connectivity index (χ4n) is 2.10. The lowest BCUT2D eigenvalue weighted by Crippen LogP contribution is -2.48. The van der Waals surface area contributed by atoms with Crippen LogP contribution in [0, 0.1) is 0 Å². The van der Waals surface area contributed by atoms with E-state index in [-0.39, 0.29) is 11.8 Å². The first-order valence-corrected chi connectivity index (χ1v) is 8.26. The van der Waals surface area contributed by atoms with Gasteiger partial charge in [0.05, 0.1) is 10.6 Å². The van der Waals surface area contributed by atoms with Crippen molar-refractivity contribution in [1.82, 2.24) is 4.98 Å². The van der Waals surface area contributed by atoms with E-state index in [1.165, 1.54) is 6.20 Å². The molecule has 2 aromatic rings. The number of hydrogen-bond donors (Lipinski definition) is 2. The lowest BCUT2D eigenvalue weighted by Gasteiger charge is -2.22. The standard InChI is InChI=1S/C17H19Cl2N3O2/c1-3-8-17(2,20)16(23)22-12-4-6-13(7-5-12)24-15-14(19)9-11(18)10-21-15/h4-7,9-10H,3,8,20H2,1-2H3,(H,22,23). The van der Waals surface area contributed by atoms with Gasteiger partial charge in [0.2, 0.25) is 11.8 Å². The summed E-state index contributed by atoms with van der Waals surface area (Å²) < 4.78 is 5.59. The molecule has 0 saturated carbocycles. The molecule has 1 heterocycles. The number of hydrogen-bond acceptors (Lipinski definition) is 4. The summed E-state index contributed by atoms with van der Waals surface area (Å²) in [5.74, 6) is 0.574. The molecule has 128 valence electrons. The summed E-state index contributed by atoms with van der Waals surface area (Å²) in [6.45, 7) is 3.71. The van der Waals surface area contributed by atoms with Crippen molar-refractivity contribution >= 4 is 34.8 Å². The molecule has 0 saturated heterocycles. The Kier molecular flexibility index (Phi) is 6.04. The number of anilines is 1. The molecule has 0 radical (unpaired) electrons. The van der Waals surface area contributed by atoms with Gasteiger partial charge in [-0.15, -0.1) is 0 Å². The average molecular weight is 368 g/mol. The van der Waals surface area contributed by atoms with Crippen LogP contribution < -0.4 is 15.8 Å². The zero-order chi connectivity index (χ0) is 17.7. The number of nitrogens with one attached hydrogen (secondary N) is 1. The Morgan fingerprint density at radius 1 is 1.33 bits per heavy atom. The monoisotopic (exact) mass is 367 g/mol. The van der Waals surface area contributed by atoms with Crippen LogP contribution in [-0.4, -0.2) is 16.4 Å². The minimum absolute atomic E-state index is 0.222. The van der Waals surface area contributed by atoms with Gasteiger partial charge in [-0.3, -0.25) is 4.79 Å². The highest BCUT2D eigenvalue weighted by atomic mass is 35.5. The highest BCUT2D eigenvalue weighted by molar-refractivity contribution is 6.35. The molecule has 0 aliphatic carbocycles. The van der Waals surface area contributed by atoms with Crippen molar-refractivity contribution in [2.24, 2.45) is 5.73 Å². The van der Waals surface area contributed by atoms with Crippen LogP contribution in [0.15, 0.2) is 36.5 Å². The summed E-state index contributed by atoms with van der Waals surface area (Å²) in [6, 6.07) is 8.40. The molecule has 2 rings (SSSR count). The largest absolute Gasteiger partial charge is 0.438 e. The highest BCUT2D eigenvalue weighted by Gasteiger charge is 2.27. The van der Waals surface area contributed by atoms with Gasteiger partial charge >= 0.3 is 0 Å². The van der Waals surface area contributed by atoms with Crippen LogP contribution in [-0.2, 0) is 4.79 Å². The van der Waals surface area contributed by atoms with Crippen molar-refractivity contribution in [1.29, 1.82) is 0 Å². The van der Waals surface area contributed by atoms with Crippen LogP contribution in [0.3, 0.4) is 0 Å². The van der Waals surface area contributed by atoms with E-state index >= 15 is 0 Å². The van der Waals surface area contributed by atoms with E-state index < -0.39 is 5.54 Å². The normalized spacial score (nSPS) is 13.2. The molecule has 0 bridgehead atoms. The van der Waals surface area contributed by atoms with Gasteiger partial charge in [0.25, 0.3) is 0 Å². The molecular formula is C17H19Cl2N3O2. The maximum atomic E-state index is 12.2. The molecule has 5 nitrogen and oxygen atoms in total. The lowest BCUT2D eigenvalue weighted by atomic mass is 9.96. The minimum atomic E-state index is -0.898. The van der Waals surface area contributed by atoms with E-state index in [0.717, 1.165) is 6.42 Å². The predicted molar refractivity (Wildman–Crippen MR) is 96.9 cm³/mol. The Balaban J connectivity index is 2.04. The third-order valence-corrected chi connectivity index (χ3v) is 3.87. The average Bonchev–Trinajstić information content (AvgIpc) is 2.51. The quantitative estimate of drug-likeness (QED) is 0.779. The maximum Gasteiger partial charge on any atom is 0.244 e. The van der Waals surface area contributed by atoms with Crippen molar-refractivity contribution in [3.8, 4) is 11.6 Å². The number of aromatic nitrogens is 1. The van der Waals surface area contributed by atoms with Gasteiger partial charge in [-0.1, -0.05) is 36.5 Å². The summed E-state index contributed by atoms with van der Waals surface area (Å²) in [7, 11) is 0. The van der Waals surface area contributed by atoms with Gasteiger partial charge in [0.1, 0.15) is 10.8 Å². The summed E-state index contributed by atoms with van der Waals surface area (Å²) in [5.41, 5.74) is 5.75. The second kappa shape index (κ2) is 7.83. The predicted octanol–water partition coefficient (Wildman–Crippen LogP) is 4.64. The van der Waals surface area contributed by atoms with E-state index in [1.54, 1.807) is 37.3 Å². The van der Waals surface area contributed by atoms with E-state index in [1.807, 2.05) is 6.92 Å². The number of amides is 1. The summed E-state index contributed by atoms with van der Waals surface area (Å²) in [6.07, 6.45) is 2.90. The minimum Gasteiger partial charge on any atom is -0.438 e. The van der Waals surface area contributed by atoms with Gasteiger partial charge in [-0.2, -0.15) is 0 Å². The topological polar surface area (TPSA) is 77.2 Å². The zero-order valence-electron chi connectivity index (χ0n) is 13.5. The number of nitrogens with two attached hydrogens (primary N) is 1. The van der Waals surface area contributed by atoms with E-state index in [2.05, 4.69) is 10.3 Å². The molecule has 0 spiro atoms. The SMILES string of the molecule is CCCC(C)(N)C(=O)Nc1ccc(Oc2ncc(Cl)cc2Cl)cc1. The number of halogens is 2. The molecule has 0 aliphatic heterocycles. The first-order valence-electron chi connectivity index (χ1n) is 7.51. The lowest BCUT2D eigenvalue weighted by molar-refractivity contribution is -0.120. The van der Waals surface area contributed by atoms with Crippen LogP contribution in [0.5, 0.6) is 11.6 Å². The van der Waals surface area contributed by atoms with Gasteiger partial charge in [-0.25, -0.2) is 4.98 Å². The Morgan fingerprint density at radius 2 is 2.00 bits per heavy atom. The number of nitrogens with zero attached hydrogens (tertiary/aromatic N) is 1. The van der Waals surface area contributed by atoms with Crippen molar-refractivity contribution in [3.05, 3.63) is 46.6 Å². The molecule has 1 amide bonds. The van der Waals surface area contributed by atoms with Crippen LogP contribution in [0.1, 0.15) is 26.7 Å². The molecule has 1 atom stereocenters. The zero-order valence-corrected chi connectivity index (χ0v) is 15.0. The second-order valence-corrected chi connectivity index (χ2v) is 6.53. The molecule has 0 aliphatic rings. The number of rotatable bonds is 6. The second-order valence-electron chi connectivity index (χ2n) is 5.69. The number of benzene rings is 1. The van der Waals surface area contributed by atoms with E-state index in [9.17, 15) is 4.79 Å². The van der Waals surface area contributed by atoms with Gasteiger partial charge in [0, 0.05) is 11.9 Å². The molecular weight excluding hydrogens is 349 g/mol. The number of carbonyl (C=O) groups is 1. The molecule has 24 heavy (non-hydrogen) atoms. The third-order valence-electron chi connectivity index (χ3n) is 3.39. The van der Waals surface area contributed by atoms with Crippen molar-refractivity contribution < 1.29 is 9.53 Å². The smallest absolute Gasteiger partial charge is 0.244 e. The van der Waals surface area contributed by atoms with Crippen LogP contribution in [0.25, 0.3) is 0 Å². The number of carbonyl (C=O) groups excluding carboxylic acids is 1. The Labute approximate surface area is 151 Å². The van der Waals surface area contributed by atoms with Gasteiger partial charge < -0.3 is 15.8 Å². The summed E-state index contributed by atoms with van der Waals surface area (Å²) in [5, 5.41) is 3.55. The molecule has 1 aromatic heterocycles. The number of pyridine rings is 1.